The molecule has 0 unspecified atom stereocenters. The minimum absolute atomic E-state index is 0.431. The Bertz CT molecular complexity index is 378. The molecular formula is C7H4BrF3N2O. The molecule has 0 spiro atoms. The van der Waals surface area contributed by atoms with Crippen molar-refractivity contribution < 1.29 is 18.0 Å². The van der Waals surface area contributed by atoms with E-state index in [0.29, 0.717) is 0 Å². The van der Waals surface area contributed by atoms with Crippen molar-refractivity contribution >= 4 is 21.8 Å². The van der Waals surface area contributed by atoms with Gasteiger partial charge in [0, 0.05) is 6.20 Å². The first-order valence-electron chi connectivity index (χ1n) is 3.35. The number of aromatic nitrogens is 1. The number of amides is 1. The summed E-state index contributed by atoms with van der Waals surface area (Å²) in [4.78, 5) is 14.1. The van der Waals surface area contributed by atoms with Gasteiger partial charge in [0.25, 0.3) is 5.91 Å². The maximum atomic E-state index is 12.3. The van der Waals surface area contributed by atoms with Gasteiger partial charge in [-0.05, 0) is 22.0 Å². The van der Waals surface area contributed by atoms with Crippen LogP contribution in [-0.2, 0) is 6.18 Å². The van der Waals surface area contributed by atoms with Gasteiger partial charge < -0.3 is 5.73 Å². The van der Waals surface area contributed by atoms with Crippen molar-refractivity contribution in [1.82, 2.24) is 4.98 Å². The molecule has 1 aromatic heterocycles. The van der Waals surface area contributed by atoms with Crippen LogP contribution in [0.15, 0.2) is 16.7 Å². The molecule has 0 aromatic carbocycles. The van der Waals surface area contributed by atoms with Crippen LogP contribution in [0.1, 0.15) is 16.1 Å². The van der Waals surface area contributed by atoms with Crippen molar-refractivity contribution in [2.75, 3.05) is 0 Å². The minimum Gasteiger partial charge on any atom is -0.364 e. The largest absolute Gasteiger partial charge is 0.417 e. The number of rotatable bonds is 1. The summed E-state index contributed by atoms with van der Waals surface area (Å²) in [5, 5.41) is 0. The lowest BCUT2D eigenvalue weighted by atomic mass is 10.2. The van der Waals surface area contributed by atoms with Gasteiger partial charge in [0.05, 0.1) is 10.0 Å². The Morgan fingerprint density at radius 1 is 1.50 bits per heavy atom. The van der Waals surface area contributed by atoms with Crippen LogP contribution in [0, 0.1) is 0 Å². The first kappa shape index (κ1) is 11.0. The second kappa shape index (κ2) is 3.56. The van der Waals surface area contributed by atoms with Gasteiger partial charge in [-0.1, -0.05) is 0 Å². The Balaban J connectivity index is 3.35. The number of carbonyl (C=O) groups is 1. The molecule has 0 radical (unpaired) electrons. The van der Waals surface area contributed by atoms with E-state index in [4.69, 9.17) is 5.73 Å². The first-order valence-corrected chi connectivity index (χ1v) is 4.15. The van der Waals surface area contributed by atoms with E-state index in [1.165, 1.54) is 0 Å². The van der Waals surface area contributed by atoms with Crippen LogP contribution in [0.5, 0.6) is 0 Å². The number of nitrogens with zero attached hydrogens (tertiary/aromatic N) is 1. The average Bonchev–Trinajstić information content (AvgIpc) is 2.01. The normalized spacial score (nSPS) is 11.4. The highest BCUT2D eigenvalue weighted by Crippen LogP contribution is 2.35. The van der Waals surface area contributed by atoms with Gasteiger partial charge in [-0.2, -0.15) is 13.2 Å². The molecule has 3 nitrogen and oxygen atoms in total. The Hall–Kier alpha value is -1.11. The summed E-state index contributed by atoms with van der Waals surface area (Å²) in [7, 11) is 0. The highest BCUT2D eigenvalue weighted by atomic mass is 79.9. The Morgan fingerprint density at radius 3 is 2.50 bits per heavy atom. The smallest absolute Gasteiger partial charge is 0.364 e. The zero-order valence-corrected chi connectivity index (χ0v) is 8.19. The molecule has 0 aliphatic rings. The second-order valence-corrected chi connectivity index (χ2v) is 3.18. The van der Waals surface area contributed by atoms with E-state index in [1.54, 1.807) is 0 Å². The SMILES string of the molecule is NC(=O)c1nccc(C(F)(F)F)c1Br. The Morgan fingerprint density at radius 2 is 2.07 bits per heavy atom. The molecule has 0 bridgehead atoms. The van der Waals surface area contributed by atoms with Gasteiger partial charge in [0.2, 0.25) is 0 Å². The molecule has 0 fully saturated rings. The number of hydrogen-bond acceptors (Lipinski definition) is 2. The summed E-state index contributed by atoms with van der Waals surface area (Å²) < 4.78 is 36.4. The Labute approximate surface area is 85.2 Å². The zero-order chi connectivity index (χ0) is 10.9. The van der Waals surface area contributed by atoms with Crippen molar-refractivity contribution in [2.45, 2.75) is 6.18 Å². The third-order valence-corrected chi connectivity index (χ3v) is 2.23. The molecular weight excluding hydrogens is 265 g/mol. The standard InChI is InChI=1S/C7H4BrF3N2O/c8-4-3(7(9,10)11)1-2-13-5(4)6(12)14/h1-2H,(H2,12,14). The predicted molar refractivity (Wildman–Crippen MR) is 45.5 cm³/mol. The lowest BCUT2D eigenvalue weighted by Crippen LogP contribution is -2.17. The zero-order valence-electron chi connectivity index (χ0n) is 6.60. The summed E-state index contributed by atoms with van der Waals surface area (Å²) in [5.74, 6) is -1.01. The van der Waals surface area contributed by atoms with Crippen LogP contribution >= 0.6 is 15.9 Å². The molecule has 7 heteroatoms. The van der Waals surface area contributed by atoms with Crippen molar-refractivity contribution in [1.29, 1.82) is 0 Å². The van der Waals surface area contributed by atoms with Crippen LogP contribution in [0.25, 0.3) is 0 Å². The fraction of sp³-hybridized carbons (Fsp3) is 0.143. The molecule has 76 valence electrons. The van der Waals surface area contributed by atoms with Crippen LogP contribution in [0.2, 0.25) is 0 Å². The third kappa shape index (κ3) is 2.03. The number of alkyl halides is 3. The monoisotopic (exact) mass is 268 g/mol. The van der Waals surface area contributed by atoms with Gasteiger partial charge in [0.15, 0.2) is 0 Å². The fourth-order valence-corrected chi connectivity index (χ4v) is 1.49. The lowest BCUT2D eigenvalue weighted by Gasteiger charge is -2.09. The van der Waals surface area contributed by atoms with Crippen molar-refractivity contribution in [3.63, 3.8) is 0 Å². The van der Waals surface area contributed by atoms with Crippen LogP contribution < -0.4 is 5.73 Å². The predicted octanol–water partition coefficient (Wildman–Crippen LogP) is 1.96. The summed E-state index contributed by atoms with van der Waals surface area (Å²) in [6.07, 6.45) is -3.65. The second-order valence-electron chi connectivity index (χ2n) is 2.38. The number of primary amides is 1. The topological polar surface area (TPSA) is 56.0 Å². The van der Waals surface area contributed by atoms with E-state index in [2.05, 4.69) is 20.9 Å². The summed E-state index contributed by atoms with van der Waals surface area (Å²) in [6.45, 7) is 0. The molecule has 1 rings (SSSR count). The molecule has 0 saturated carbocycles. The quantitative estimate of drug-likeness (QED) is 0.847. The van der Waals surface area contributed by atoms with Gasteiger partial charge >= 0.3 is 6.18 Å². The highest BCUT2D eigenvalue weighted by Gasteiger charge is 2.34. The summed E-state index contributed by atoms with van der Waals surface area (Å²) in [5.41, 5.74) is 3.43. The van der Waals surface area contributed by atoms with Crippen LogP contribution in [0.4, 0.5) is 13.2 Å². The first-order chi connectivity index (χ1) is 6.34. The van der Waals surface area contributed by atoms with Crippen LogP contribution in [-0.4, -0.2) is 10.9 Å². The van der Waals surface area contributed by atoms with Crippen molar-refractivity contribution in [2.24, 2.45) is 5.73 Å². The lowest BCUT2D eigenvalue weighted by molar-refractivity contribution is -0.138. The van der Waals surface area contributed by atoms with Crippen molar-refractivity contribution in [3.8, 4) is 0 Å². The number of nitrogens with two attached hydrogens (primary N) is 1. The van der Waals surface area contributed by atoms with Gasteiger partial charge in [-0.3, -0.25) is 4.79 Å². The number of pyridine rings is 1. The van der Waals surface area contributed by atoms with E-state index in [0.717, 1.165) is 12.3 Å². The minimum atomic E-state index is -4.54. The summed E-state index contributed by atoms with van der Waals surface area (Å²) >= 11 is 2.63. The number of hydrogen-bond donors (Lipinski definition) is 1. The molecule has 1 heterocycles. The maximum absolute atomic E-state index is 12.3. The molecule has 1 amide bonds. The molecule has 0 aliphatic carbocycles. The fourth-order valence-electron chi connectivity index (χ4n) is 0.834. The van der Waals surface area contributed by atoms with E-state index >= 15 is 0 Å². The maximum Gasteiger partial charge on any atom is 0.417 e. The molecule has 0 atom stereocenters. The van der Waals surface area contributed by atoms with Gasteiger partial charge in [0.1, 0.15) is 5.69 Å². The molecule has 1 aromatic rings. The van der Waals surface area contributed by atoms with E-state index < -0.39 is 27.8 Å². The van der Waals surface area contributed by atoms with Crippen LogP contribution in [0.3, 0.4) is 0 Å². The molecule has 2 N–H and O–H groups in total. The molecule has 0 aliphatic heterocycles. The summed E-state index contributed by atoms with van der Waals surface area (Å²) in [6, 6.07) is 0.760. The van der Waals surface area contributed by atoms with Gasteiger partial charge in [-0.15, -0.1) is 0 Å². The third-order valence-electron chi connectivity index (χ3n) is 1.43. The van der Waals surface area contributed by atoms with E-state index in [-0.39, 0.29) is 0 Å². The average molecular weight is 269 g/mol. The van der Waals surface area contributed by atoms with Crippen molar-refractivity contribution in [3.05, 3.63) is 28.0 Å². The van der Waals surface area contributed by atoms with E-state index in [1.807, 2.05) is 0 Å². The number of carbonyl (C=O) groups excluding carboxylic acids is 1. The van der Waals surface area contributed by atoms with E-state index in [9.17, 15) is 18.0 Å². The molecule has 14 heavy (non-hydrogen) atoms. The number of halogens is 4. The van der Waals surface area contributed by atoms with Gasteiger partial charge in [-0.25, -0.2) is 4.98 Å². The highest BCUT2D eigenvalue weighted by molar-refractivity contribution is 9.10. The molecule has 0 saturated heterocycles. The Kier molecular flexibility index (Phi) is 2.79.